The van der Waals surface area contributed by atoms with Gasteiger partial charge in [-0.2, -0.15) is 0 Å². The molecule has 0 aliphatic rings. The topological polar surface area (TPSA) is 89.8 Å². The lowest BCUT2D eigenvalue weighted by atomic mass is 10.00. The highest BCUT2D eigenvalue weighted by Crippen LogP contribution is 2.26. The van der Waals surface area contributed by atoms with Crippen molar-refractivity contribution in [2.24, 2.45) is 0 Å². The molecule has 2 aromatic carbocycles. The molecule has 0 fully saturated rings. The first kappa shape index (κ1) is 23.0. The van der Waals surface area contributed by atoms with Crippen LogP contribution in [0.2, 0.25) is 0 Å². The number of pyridine rings is 2. The number of ether oxygens (including phenoxy) is 1. The number of rotatable bonds is 7. The molecule has 0 aliphatic heterocycles. The third-order valence-electron chi connectivity index (χ3n) is 6.00. The molecule has 0 bridgehead atoms. The average Bonchev–Trinajstić information content (AvgIpc) is 3.31. The minimum atomic E-state index is -0.554. The van der Waals surface area contributed by atoms with E-state index in [0.29, 0.717) is 28.9 Å². The zero-order valence-corrected chi connectivity index (χ0v) is 19.6. The summed E-state index contributed by atoms with van der Waals surface area (Å²) in [7, 11) is 0. The van der Waals surface area contributed by atoms with Crippen molar-refractivity contribution in [1.29, 1.82) is 0 Å². The van der Waals surface area contributed by atoms with E-state index >= 15 is 0 Å². The molecular weight excluding hydrogens is 454 g/mol. The fraction of sp³-hybridized carbons (Fsp3) is 0.103. The van der Waals surface area contributed by atoms with Crippen LogP contribution in [0.25, 0.3) is 16.3 Å². The number of esters is 1. The summed E-state index contributed by atoms with van der Waals surface area (Å²) in [4.78, 5) is 43.3. The van der Waals surface area contributed by atoms with E-state index in [0.717, 1.165) is 16.3 Å². The number of benzene rings is 2. The van der Waals surface area contributed by atoms with Gasteiger partial charge in [0.2, 0.25) is 5.78 Å². The van der Waals surface area contributed by atoms with Crippen molar-refractivity contribution in [1.82, 2.24) is 14.7 Å². The molecular formula is C29H23N3O4. The van der Waals surface area contributed by atoms with Gasteiger partial charge in [-0.3, -0.25) is 14.6 Å². The fourth-order valence-electron chi connectivity index (χ4n) is 4.23. The normalized spacial score (nSPS) is 10.9. The highest BCUT2D eigenvalue weighted by atomic mass is 16.5. The summed E-state index contributed by atoms with van der Waals surface area (Å²) in [5, 5.41) is 4.64. The van der Waals surface area contributed by atoms with Crippen molar-refractivity contribution in [3.63, 3.8) is 0 Å². The Morgan fingerprint density at radius 2 is 1.69 bits per heavy atom. The van der Waals surface area contributed by atoms with Gasteiger partial charge >= 0.3 is 5.97 Å². The quantitative estimate of drug-likeness (QED) is 0.268. The lowest BCUT2D eigenvalue weighted by Crippen LogP contribution is -2.23. The van der Waals surface area contributed by atoms with Gasteiger partial charge in [0.1, 0.15) is 0 Å². The van der Waals surface area contributed by atoms with E-state index in [1.807, 2.05) is 48.5 Å². The Morgan fingerprint density at radius 3 is 2.50 bits per heavy atom. The number of nitrogens with one attached hydrogen (secondary N) is 1. The van der Waals surface area contributed by atoms with Crippen LogP contribution in [-0.2, 0) is 11.3 Å². The van der Waals surface area contributed by atoms with Crippen molar-refractivity contribution in [3.05, 3.63) is 119 Å². The van der Waals surface area contributed by atoms with Gasteiger partial charge in [-0.25, -0.2) is 4.79 Å². The molecule has 7 nitrogen and oxygen atoms in total. The van der Waals surface area contributed by atoms with Crippen molar-refractivity contribution in [2.45, 2.75) is 13.5 Å². The van der Waals surface area contributed by atoms with Crippen molar-refractivity contribution in [2.75, 3.05) is 6.61 Å². The van der Waals surface area contributed by atoms with Crippen LogP contribution in [-0.4, -0.2) is 33.7 Å². The number of aromatic nitrogens is 2. The minimum absolute atomic E-state index is 0.189. The SMILES string of the molecule is CCOC(=O)c1cc(C(=O)c2cccc3ccccc23)n2ccc(C(=O)NCc3ccncc3)cc12. The van der Waals surface area contributed by atoms with E-state index in [2.05, 4.69) is 10.3 Å². The van der Waals surface area contributed by atoms with Crippen LogP contribution in [0.5, 0.6) is 0 Å². The maximum atomic E-state index is 13.7. The second-order valence-corrected chi connectivity index (χ2v) is 8.23. The van der Waals surface area contributed by atoms with E-state index in [4.69, 9.17) is 4.74 Å². The number of ketones is 1. The Morgan fingerprint density at radius 1 is 0.917 bits per heavy atom. The number of hydrogen-bond donors (Lipinski definition) is 1. The molecule has 178 valence electrons. The molecule has 0 radical (unpaired) electrons. The van der Waals surface area contributed by atoms with Crippen molar-refractivity contribution in [3.8, 4) is 0 Å². The minimum Gasteiger partial charge on any atom is -0.462 e. The highest BCUT2D eigenvalue weighted by molar-refractivity contribution is 6.17. The monoisotopic (exact) mass is 477 g/mol. The summed E-state index contributed by atoms with van der Waals surface area (Å²) in [6, 6.07) is 21.6. The zero-order valence-electron chi connectivity index (χ0n) is 19.6. The highest BCUT2D eigenvalue weighted by Gasteiger charge is 2.23. The Balaban J connectivity index is 1.55. The third kappa shape index (κ3) is 4.34. The molecule has 3 aromatic heterocycles. The Kier molecular flexibility index (Phi) is 6.28. The van der Waals surface area contributed by atoms with Gasteiger partial charge in [0.05, 0.1) is 23.4 Å². The number of hydrogen-bond acceptors (Lipinski definition) is 5. The Labute approximate surface area is 207 Å². The van der Waals surface area contributed by atoms with Crippen molar-refractivity contribution >= 4 is 33.9 Å². The van der Waals surface area contributed by atoms with Crippen LogP contribution in [0.4, 0.5) is 0 Å². The van der Waals surface area contributed by atoms with Crippen LogP contribution in [0.15, 0.2) is 91.4 Å². The molecule has 0 saturated heterocycles. The Bertz CT molecular complexity index is 1600. The van der Waals surface area contributed by atoms with E-state index in [1.165, 1.54) is 6.07 Å². The lowest BCUT2D eigenvalue weighted by Gasteiger charge is -2.09. The first-order chi connectivity index (χ1) is 17.6. The maximum Gasteiger partial charge on any atom is 0.340 e. The van der Waals surface area contributed by atoms with Gasteiger partial charge in [0.15, 0.2) is 0 Å². The van der Waals surface area contributed by atoms with Gasteiger partial charge in [0, 0.05) is 36.3 Å². The first-order valence-electron chi connectivity index (χ1n) is 11.6. The second-order valence-electron chi connectivity index (χ2n) is 8.23. The fourth-order valence-corrected chi connectivity index (χ4v) is 4.23. The van der Waals surface area contributed by atoms with E-state index in [-0.39, 0.29) is 23.9 Å². The summed E-state index contributed by atoms with van der Waals surface area (Å²) in [5.74, 6) is -1.08. The van der Waals surface area contributed by atoms with Gasteiger partial charge in [-0.1, -0.05) is 42.5 Å². The molecule has 0 atom stereocenters. The van der Waals surface area contributed by atoms with Crippen LogP contribution >= 0.6 is 0 Å². The molecule has 5 aromatic rings. The molecule has 0 saturated carbocycles. The average molecular weight is 478 g/mol. The lowest BCUT2D eigenvalue weighted by molar-refractivity contribution is 0.0528. The molecule has 3 heterocycles. The second kappa shape index (κ2) is 9.84. The van der Waals surface area contributed by atoms with E-state index < -0.39 is 5.97 Å². The molecule has 36 heavy (non-hydrogen) atoms. The summed E-state index contributed by atoms with van der Waals surface area (Å²) < 4.78 is 6.88. The van der Waals surface area contributed by atoms with E-state index in [1.54, 1.807) is 48.1 Å². The Hall–Kier alpha value is -4.78. The summed E-state index contributed by atoms with van der Waals surface area (Å²) in [6.45, 7) is 2.24. The van der Waals surface area contributed by atoms with E-state index in [9.17, 15) is 14.4 Å². The van der Waals surface area contributed by atoms with Crippen LogP contribution < -0.4 is 5.32 Å². The largest absolute Gasteiger partial charge is 0.462 e. The van der Waals surface area contributed by atoms with Gasteiger partial charge in [0.25, 0.3) is 5.91 Å². The van der Waals surface area contributed by atoms with Gasteiger partial charge < -0.3 is 14.5 Å². The predicted octanol–water partition coefficient (Wildman–Crippen LogP) is 4.83. The van der Waals surface area contributed by atoms with Gasteiger partial charge in [-0.05, 0) is 53.6 Å². The number of amides is 1. The molecule has 0 unspecified atom stereocenters. The zero-order chi connectivity index (χ0) is 25.1. The van der Waals surface area contributed by atoms with Crippen molar-refractivity contribution < 1.29 is 19.1 Å². The first-order valence-corrected chi connectivity index (χ1v) is 11.6. The summed E-state index contributed by atoms with van der Waals surface area (Å²) in [5.41, 5.74) is 2.77. The number of fused-ring (bicyclic) bond motifs is 2. The van der Waals surface area contributed by atoms with Gasteiger partial charge in [-0.15, -0.1) is 0 Å². The summed E-state index contributed by atoms with van der Waals surface area (Å²) >= 11 is 0. The number of carbonyl (C=O) groups is 3. The smallest absolute Gasteiger partial charge is 0.340 e. The van der Waals surface area contributed by atoms with Crippen LogP contribution in [0.1, 0.15) is 49.3 Å². The molecule has 7 heteroatoms. The molecule has 1 amide bonds. The maximum absolute atomic E-state index is 13.7. The van der Waals surface area contributed by atoms with Crippen LogP contribution in [0, 0.1) is 0 Å². The standard InChI is InChI=1S/C29H23N3O4/c1-2-36-29(35)24-17-26(27(33)23-9-5-7-20-6-3-4-8-22(20)23)32-15-12-21(16-25(24)32)28(34)31-18-19-10-13-30-14-11-19/h3-17H,2,18H2,1H3,(H,31,34). The third-order valence-corrected chi connectivity index (χ3v) is 6.00. The number of carbonyl (C=O) groups excluding carboxylic acids is 3. The van der Waals surface area contributed by atoms with Crippen LogP contribution in [0.3, 0.4) is 0 Å². The predicted molar refractivity (Wildman–Crippen MR) is 136 cm³/mol. The molecule has 1 N–H and O–H groups in total. The molecule has 0 spiro atoms. The molecule has 5 rings (SSSR count). The number of nitrogens with zero attached hydrogens (tertiary/aromatic N) is 2. The summed E-state index contributed by atoms with van der Waals surface area (Å²) in [6.07, 6.45) is 4.96. The molecule has 0 aliphatic carbocycles.